The van der Waals surface area contributed by atoms with Crippen molar-refractivity contribution in [2.24, 2.45) is 0 Å². The van der Waals surface area contributed by atoms with Gasteiger partial charge >= 0.3 is 0 Å². The van der Waals surface area contributed by atoms with Gasteiger partial charge in [-0.25, -0.2) is 9.97 Å². The number of benzene rings is 2. The van der Waals surface area contributed by atoms with Crippen molar-refractivity contribution in [3.63, 3.8) is 0 Å². The number of aromatic amines is 1. The third-order valence-corrected chi connectivity index (χ3v) is 5.25. The minimum atomic E-state index is -0.470. The van der Waals surface area contributed by atoms with Crippen LogP contribution in [0.4, 0.5) is 5.13 Å². The van der Waals surface area contributed by atoms with Crippen molar-refractivity contribution in [3.8, 4) is 5.75 Å². The Morgan fingerprint density at radius 2 is 1.93 bits per heavy atom. The zero-order chi connectivity index (χ0) is 20.4. The molecular weight excluding hydrogens is 388 g/mol. The van der Waals surface area contributed by atoms with E-state index >= 15 is 0 Å². The Bertz CT molecular complexity index is 1250. The van der Waals surface area contributed by atoms with Gasteiger partial charge < -0.3 is 9.72 Å². The number of carbonyl (C=O) groups excluding carboxylic acids is 1. The Kier molecular flexibility index (Phi) is 5.09. The van der Waals surface area contributed by atoms with Crippen molar-refractivity contribution in [1.29, 1.82) is 0 Å². The number of rotatable bonds is 5. The summed E-state index contributed by atoms with van der Waals surface area (Å²) in [5.74, 6) is 0.685. The lowest BCUT2D eigenvalue weighted by atomic mass is 10.1. The number of methoxy groups -OCH3 is 1. The van der Waals surface area contributed by atoms with Gasteiger partial charge in [0.1, 0.15) is 17.3 Å². The maximum absolute atomic E-state index is 12.6. The molecule has 146 valence electrons. The molecule has 0 aliphatic carbocycles. The molecule has 2 aromatic heterocycles. The number of carbonyl (C=O) groups is 1. The first-order chi connectivity index (χ1) is 14.0. The summed E-state index contributed by atoms with van der Waals surface area (Å²) in [7, 11) is 1.60. The highest BCUT2D eigenvalue weighted by Crippen LogP contribution is 2.26. The molecule has 0 bridgehead atoms. The number of hydrogen-bond acceptors (Lipinski definition) is 6. The molecule has 2 N–H and O–H groups in total. The SMILES string of the molecule is COc1ccc(Cc2nc(C(=O)Nc3nc4ccc(C)cc4s3)cc(=O)[nH]2)cc1. The Morgan fingerprint density at radius 1 is 1.14 bits per heavy atom. The van der Waals surface area contributed by atoms with Crippen LogP contribution in [-0.4, -0.2) is 28.0 Å². The molecule has 7 nitrogen and oxygen atoms in total. The van der Waals surface area contributed by atoms with Crippen molar-refractivity contribution in [2.45, 2.75) is 13.3 Å². The molecule has 4 aromatic rings. The summed E-state index contributed by atoms with van der Waals surface area (Å²) < 4.78 is 6.13. The molecule has 2 heterocycles. The molecular formula is C21H18N4O3S. The van der Waals surface area contributed by atoms with Crippen molar-refractivity contribution in [3.05, 3.63) is 81.5 Å². The quantitative estimate of drug-likeness (QED) is 0.528. The Hall–Kier alpha value is -3.52. The second-order valence-electron chi connectivity index (χ2n) is 6.55. The largest absolute Gasteiger partial charge is 0.497 e. The average Bonchev–Trinajstić information content (AvgIpc) is 3.09. The third kappa shape index (κ3) is 4.33. The lowest BCUT2D eigenvalue weighted by molar-refractivity contribution is 0.102. The van der Waals surface area contributed by atoms with Crippen LogP contribution in [0.3, 0.4) is 0 Å². The maximum atomic E-state index is 12.6. The standard InChI is InChI=1S/C21H18N4O3S/c1-12-3-8-15-17(9-12)29-21(23-15)25-20(27)16-11-19(26)24-18(22-16)10-13-4-6-14(28-2)7-5-13/h3-9,11H,10H2,1-2H3,(H,22,24,26)(H,23,25,27). The van der Waals surface area contributed by atoms with E-state index in [2.05, 4.69) is 20.3 Å². The fraction of sp³-hybridized carbons (Fsp3) is 0.143. The van der Waals surface area contributed by atoms with Crippen LogP contribution in [0.5, 0.6) is 5.75 Å². The third-order valence-electron chi connectivity index (χ3n) is 4.32. The monoisotopic (exact) mass is 406 g/mol. The van der Waals surface area contributed by atoms with Crippen molar-refractivity contribution >= 4 is 32.6 Å². The first kappa shape index (κ1) is 18.8. The van der Waals surface area contributed by atoms with Crippen LogP contribution in [-0.2, 0) is 6.42 Å². The van der Waals surface area contributed by atoms with E-state index in [9.17, 15) is 9.59 Å². The number of hydrogen-bond donors (Lipinski definition) is 2. The molecule has 0 atom stereocenters. The van der Waals surface area contributed by atoms with Gasteiger partial charge in [-0.1, -0.05) is 29.5 Å². The van der Waals surface area contributed by atoms with Crippen LogP contribution in [0.1, 0.15) is 27.4 Å². The molecule has 0 aliphatic rings. The summed E-state index contributed by atoms with van der Waals surface area (Å²) in [6.07, 6.45) is 0.390. The van der Waals surface area contributed by atoms with Crippen LogP contribution >= 0.6 is 11.3 Å². The number of fused-ring (bicyclic) bond motifs is 1. The smallest absolute Gasteiger partial charge is 0.276 e. The summed E-state index contributed by atoms with van der Waals surface area (Å²) in [4.78, 5) is 36.1. The second-order valence-corrected chi connectivity index (χ2v) is 7.58. The molecule has 0 radical (unpaired) electrons. The number of anilines is 1. The predicted molar refractivity (Wildman–Crippen MR) is 113 cm³/mol. The fourth-order valence-electron chi connectivity index (χ4n) is 2.89. The molecule has 1 amide bonds. The van der Waals surface area contributed by atoms with Crippen molar-refractivity contribution in [2.75, 3.05) is 12.4 Å². The first-order valence-electron chi connectivity index (χ1n) is 8.92. The fourth-order valence-corrected chi connectivity index (χ4v) is 3.85. The topological polar surface area (TPSA) is 97.0 Å². The van der Waals surface area contributed by atoms with Crippen LogP contribution in [0.25, 0.3) is 10.2 Å². The minimum Gasteiger partial charge on any atom is -0.497 e. The van der Waals surface area contributed by atoms with Gasteiger partial charge in [0, 0.05) is 12.5 Å². The van der Waals surface area contributed by atoms with Gasteiger partial charge in [-0.3, -0.25) is 14.9 Å². The Labute approximate surface area is 170 Å². The molecule has 0 spiro atoms. The number of thiazole rings is 1. The van der Waals surface area contributed by atoms with Crippen LogP contribution in [0, 0.1) is 6.92 Å². The zero-order valence-electron chi connectivity index (χ0n) is 15.9. The summed E-state index contributed by atoms with van der Waals surface area (Å²) in [5.41, 5.74) is 2.54. The number of nitrogens with zero attached hydrogens (tertiary/aromatic N) is 2. The first-order valence-corrected chi connectivity index (χ1v) is 9.73. The van der Waals surface area contributed by atoms with E-state index < -0.39 is 5.91 Å². The highest BCUT2D eigenvalue weighted by Gasteiger charge is 2.14. The molecule has 0 unspecified atom stereocenters. The number of H-pyrrole nitrogens is 1. The highest BCUT2D eigenvalue weighted by atomic mass is 32.1. The highest BCUT2D eigenvalue weighted by molar-refractivity contribution is 7.22. The molecule has 0 saturated carbocycles. The van der Waals surface area contributed by atoms with E-state index in [1.807, 2.05) is 49.4 Å². The maximum Gasteiger partial charge on any atom is 0.276 e. The minimum absolute atomic E-state index is 0.0488. The van der Waals surface area contributed by atoms with Crippen molar-refractivity contribution in [1.82, 2.24) is 15.0 Å². The Morgan fingerprint density at radius 3 is 2.69 bits per heavy atom. The molecule has 2 aromatic carbocycles. The number of aryl methyl sites for hydroxylation is 1. The van der Waals surface area contributed by atoms with Gasteiger partial charge in [0.15, 0.2) is 5.13 Å². The van der Waals surface area contributed by atoms with E-state index in [4.69, 9.17) is 4.74 Å². The van der Waals surface area contributed by atoms with Crippen molar-refractivity contribution < 1.29 is 9.53 Å². The van der Waals surface area contributed by atoms with Gasteiger partial charge in [0.2, 0.25) is 0 Å². The summed E-state index contributed by atoms with van der Waals surface area (Å²) >= 11 is 1.38. The second kappa shape index (κ2) is 7.84. The number of nitrogens with one attached hydrogen (secondary N) is 2. The van der Waals surface area contributed by atoms with Gasteiger partial charge in [-0.15, -0.1) is 0 Å². The molecule has 29 heavy (non-hydrogen) atoms. The zero-order valence-corrected chi connectivity index (χ0v) is 16.7. The van der Waals surface area contributed by atoms with E-state index in [1.165, 1.54) is 17.4 Å². The normalized spacial score (nSPS) is 10.8. The van der Waals surface area contributed by atoms with Gasteiger partial charge in [-0.2, -0.15) is 0 Å². The van der Waals surface area contributed by atoms with E-state index in [1.54, 1.807) is 7.11 Å². The number of ether oxygens (including phenoxy) is 1. The molecule has 0 saturated heterocycles. The van der Waals surface area contributed by atoms with Gasteiger partial charge in [-0.05, 0) is 42.3 Å². The predicted octanol–water partition coefficient (Wildman–Crippen LogP) is 3.54. The molecule has 8 heteroatoms. The summed E-state index contributed by atoms with van der Waals surface area (Å²) in [6.45, 7) is 2.00. The van der Waals surface area contributed by atoms with Crippen LogP contribution in [0.2, 0.25) is 0 Å². The van der Waals surface area contributed by atoms with Gasteiger partial charge in [0.25, 0.3) is 11.5 Å². The van der Waals surface area contributed by atoms with Gasteiger partial charge in [0.05, 0.1) is 17.3 Å². The average molecular weight is 406 g/mol. The summed E-state index contributed by atoms with van der Waals surface area (Å²) in [5, 5.41) is 3.20. The molecule has 0 fully saturated rings. The molecule has 4 rings (SSSR count). The Balaban J connectivity index is 1.55. The summed E-state index contributed by atoms with van der Waals surface area (Å²) in [6, 6.07) is 14.5. The number of amides is 1. The molecule has 0 aliphatic heterocycles. The van der Waals surface area contributed by atoms with E-state index in [-0.39, 0.29) is 11.3 Å². The number of aromatic nitrogens is 3. The lowest BCUT2D eigenvalue weighted by Gasteiger charge is -2.05. The van der Waals surface area contributed by atoms with Crippen LogP contribution < -0.4 is 15.6 Å². The van der Waals surface area contributed by atoms with E-state index in [0.717, 1.165) is 27.1 Å². The van der Waals surface area contributed by atoms with Crippen LogP contribution in [0.15, 0.2) is 53.3 Å². The lowest BCUT2D eigenvalue weighted by Crippen LogP contribution is -2.20. The van der Waals surface area contributed by atoms with E-state index in [0.29, 0.717) is 17.4 Å².